The first-order chi connectivity index (χ1) is 14.5. The monoisotopic (exact) mass is 465 g/mol. The third-order valence-corrected chi connectivity index (χ3v) is 6.17. The van der Waals surface area contributed by atoms with Crippen LogP contribution in [0, 0.1) is 23.2 Å². The van der Waals surface area contributed by atoms with E-state index in [-0.39, 0.29) is 44.0 Å². The van der Waals surface area contributed by atoms with E-state index in [1.807, 2.05) is 27.7 Å². The van der Waals surface area contributed by atoms with Crippen molar-refractivity contribution in [3.8, 4) is 0 Å². The van der Waals surface area contributed by atoms with Crippen LogP contribution in [0.1, 0.15) is 60.3 Å². The normalized spacial score (nSPS) is 15.4. The summed E-state index contributed by atoms with van der Waals surface area (Å²) < 4.78 is 38.5. The van der Waals surface area contributed by atoms with Crippen LogP contribution in [0.3, 0.4) is 0 Å². The second-order valence-corrected chi connectivity index (χ2v) is 9.75. The van der Waals surface area contributed by atoms with Gasteiger partial charge in [0.1, 0.15) is 6.61 Å². The molecule has 3 unspecified atom stereocenters. The Hall–Kier alpha value is -1.68. The average molecular weight is 466 g/mol. The van der Waals surface area contributed by atoms with Gasteiger partial charge in [-0.2, -0.15) is 0 Å². The summed E-state index contributed by atoms with van der Waals surface area (Å²) in [6, 6.07) is 0. The molecule has 0 heterocycles. The molecule has 0 fully saturated rings. The van der Waals surface area contributed by atoms with Crippen molar-refractivity contribution in [2.24, 2.45) is 23.2 Å². The number of ether oxygens (including phenoxy) is 3. The van der Waals surface area contributed by atoms with Gasteiger partial charge in [-0.1, -0.05) is 27.7 Å². The molecule has 0 aromatic heterocycles. The van der Waals surface area contributed by atoms with Gasteiger partial charge in [0.25, 0.3) is 6.47 Å². The molecule has 0 aliphatic carbocycles. The van der Waals surface area contributed by atoms with Crippen LogP contribution in [0.4, 0.5) is 0 Å². The highest BCUT2D eigenvalue weighted by molar-refractivity contribution is 7.69. The highest BCUT2D eigenvalue weighted by atomic mass is 32.2. The Balaban J connectivity index is 5.30. The number of likely N-dealkylation sites (N-methyl/N-ethyl adjacent to an activating group) is 1. The zero-order valence-corrected chi connectivity index (χ0v) is 20.5. The summed E-state index contributed by atoms with van der Waals surface area (Å²) in [4.78, 5) is 36.0. The quantitative estimate of drug-likeness (QED) is 0.114. The molecule has 0 aromatic rings. The molecule has 0 radical (unpaired) electrons. The lowest BCUT2D eigenvalue weighted by Gasteiger charge is -2.32. The van der Waals surface area contributed by atoms with Gasteiger partial charge in [-0.3, -0.25) is 14.4 Å². The van der Waals surface area contributed by atoms with E-state index in [1.165, 1.54) is 7.05 Å². The highest BCUT2D eigenvalue weighted by Crippen LogP contribution is 2.36. The van der Waals surface area contributed by atoms with Crippen LogP contribution < -0.4 is 0 Å². The second kappa shape index (κ2) is 15.2. The number of nitrogens with zero attached hydrogens (tertiary/aromatic N) is 1. The fourth-order valence-corrected chi connectivity index (χ4v) is 3.24. The molecule has 9 nitrogen and oxygen atoms in total. The molecule has 31 heavy (non-hydrogen) atoms. The van der Waals surface area contributed by atoms with E-state index < -0.39 is 28.2 Å². The van der Waals surface area contributed by atoms with Gasteiger partial charge >= 0.3 is 11.9 Å². The predicted molar refractivity (Wildman–Crippen MR) is 117 cm³/mol. The summed E-state index contributed by atoms with van der Waals surface area (Å²) in [7, 11) is -1.34. The third-order valence-electron chi connectivity index (χ3n) is 5.41. The molecular formula is C21H39NO8S. The molecule has 0 aromatic carbocycles. The Morgan fingerprint density at radius 1 is 1.13 bits per heavy atom. The summed E-state index contributed by atoms with van der Waals surface area (Å²) in [5.74, 6) is -1.35. The van der Waals surface area contributed by atoms with Crippen LogP contribution in [0.2, 0.25) is 0 Å². The van der Waals surface area contributed by atoms with E-state index in [4.69, 9.17) is 14.2 Å². The molecule has 3 atom stereocenters. The number of hydrogen-bond acceptors (Lipinski definition) is 8. The summed E-state index contributed by atoms with van der Waals surface area (Å²) in [5.41, 5.74) is -0.860. The van der Waals surface area contributed by atoms with Gasteiger partial charge in [0.15, 0.2) is 0 Å². The molecule has 0 saturated heterocycles. The Morgan fingerprint density at radius 2 is 1.77 bits per heavy atom. The minimum Gasteiger partial charge on any atom is -0.468 e. The van der Waals surface area contributed by atoms with Crippen molar-refractivity contribution in [3.63, 3.8) is 0 Å². The summed E-state index contributed by atoms with van der Waals surface area (Å²) in [6.07, 6.45) is 1.92. The van der Waals surface area contributed by atoms with Gasteiger partial charge in [-0.05, 0) is 44.4 Å². The van der Waals surface area contributed by atoms with Gasteiger partial charge < -0.3 is 14.2 Å². The molecule has 10 heteroatoms. The minimum atomic E-state index is -2.74. The predicted octanol–water partition coefficient (Wildman–Crippen LogP) is 2.20. The van der Waals surface area contributed by atoms with Crippen molar-refractivity contribution < 1.29 is 37.0 Å². The molecule has 0 spiro atoms. The number of rotatable bonds is 17. The SMILES string of the molecule is CCC(C)(CC(C(=O)OCCN(C)[SH](=O)=O)C(C)CCCOC=O)C(=O)OCC(C)C. The van der Waals surface area contributed by atoms with Crippen LogP contribution in [0.15, 0.2) is 0 Å². The van der Waals surface area contributed by atoms with Crippen LogP contribution >= 0.6 is 0 Å². The number of esters is 2. The topological polar surface area (TPSA) is 116 Å². The molecular weight excluding hydrogens is 426 g/mol. The molecule has 182 valence electrons. The number of thiol groups is 1. The number of hydrogen-bond donors (Lipinski definition) is 1. The van der Waals surface area contributed by atoms with Crippen molar-refractivity contribution in [1.29, 1.82) is 0 Å². The lowest BCUT2D eigenvalue weighted by Crippen LogP contribution is -2.37. The molecule has 0 bridgehead atoms. The van der Waals surface area contributed by atoms with Crippen molar-refractivity contribution in [2.75, 3.05) is 33.4 Å². The fraction of sp³-hybridized carbons (Fsp3) is 0.857. The van der Waals surface area contributed by atoms with Gasteiger partial charge in [0.2, 0.25) is 10.9 Å². The summed E-state index contributed by atoms with van der Waals surface area (Å²) in [6.45, 7) is 10.4. The first kappa shape index (κ1) is 29.3. The molecule has 0 aliphatic heterocycles. The molecule has 0 aliphatic rings. The lowest BCUT2D eigenvalue weighted by atomic mass is 9.74. The van der Waals surface area contributed by atoms with Crippen LogP contribution in [0.25, 0.3) is 0 Å². The van der Waals surface area contributed by atoms with Crippen LogP contribution in [-0.2, 0) is 39.5 Å². The van der Waals surface area contributed by atoms with Crippen LogP contribution in [0.5, 0.6) is 0 Å². The van der Waals surface area contributed by atoms with Gasteiger partial charge in [0, 0.05) is 13.6 Å². The third kappa shape index (κ3) is 11.5. The number of carbonyl (C=O) groups excluding carboxylic acids is 3. The summed E-state index contributed by atoms with van der Waals surface area (Å²) in [5, 5.41) is 0. The van der Waals surface area contributed by atoms with E-state index in [0.717, 1.165) is 4.31 Å². The van der Waals surface area contributed by atoms with E-state index in [9.17, 15) is 22.8 Å². The Bertz CT molecular complexity index is 629. The van der Waals surface area contributed by atoms with E-state index in [0.29, 0.717) is 32.3 Å². The van der Waals surface area contributed by atoms with E-state index in [1.54, 1.807) is 6.92 Å². The maximum Gasteiger partial charge on any atom is 0.311 e. The van der Waals surface area contributed by atoms with Crippen molar-refractivity contribution >= 4 is 29.3 Å². The maximum absolute atomic E-state index is 12.9. The van der Waals surface area contributed by atoms with Crippen molar-refractivity contribution in [1.82, 2.24) is 4.31 Å². The molecule has 0 saturated carbocycles. The molecule has 0 rings (SSSR count). The van der Waals surface area contributed by atoms with E-state index in [2.05, 4.69) is 0 Å². The van der Waals surface area contributed by atoms with Gasteiger partial charge in [-0.25, -0.2) is 12.7 Å². The Morgan fingerprint density at radius 3 is 2.29 bits per heavy atom. The fourth-order valence-electron chi connectivity index (χ4n) is 3.00. The molecule has 0 N–H and O–H groups in total. The smallest absolute Gasteiger partial charge is 0.311 e. The van der Waals surface area contributed by atoms with Gasteiger partial charge in [-0.15, -0.1) is 0 Å². The lowest BCUT2D eigenvalue weighted by molar-refractivity contribution is -0.161. The van der Waals surface area contributed by atoms with Crippen molar-refractivity contribution in [2.45, 2.75) is 60.3 Å². The number of carbonyl (C=O) groups is 3. The van der Waals surface area contributed by atoms with E-state index >= 15 is 0 Å². The zero-order chi connectivity index (χ0) is 24.0. The molecule has 0 amide bonds. The summed E-state index contributed by atoms with van der Waals surface area (Å²) >= 11 is 0. The Kier molecular flexibility index (Phi) is 14.4. The Labute approximate surface area is 187 Å². The zero-order valence-electron chi connectivity index (χ0n) is 19.6. The standard InChI is InChI=1S/C21H39NO8S/c1-7-21(5,20(25)30-14-16(2)3)13-18(17(4)9-8-11-28-15-23)19(24)29-12-10-22(6)31(26)27/h15-18,31H,7-14H2,1-6H3. The van der Waals surface area contributed by atoms with Crippen molar-refractivity contribution in [3.05, 3.63) is 0 Å². The first-order valence-corrected chi connectivity index (χ1v) is 11.9. The minimum absolute atomic E-state index is 0.0557. The largest absolute Gasteiger partial charge is 0.468 e. The van der Waals surface area contributed by atoms with Gasteiger partial charge in [0.05, 0.1) is 24.5 Å². The maximum atomic E-state index is 12.9. The first-order valence-electron chi connectivity index (χ1n) is 10.7. The second-order valence-electron chi connectivity index (χ2n) is 8.59. The van der Waals surface area contributed by atoms with Crippen LogP contribution in [-0.4, -0.2) is 64.5 Å². The average Bonchev–Trinajstić information content (AvgIpc) is 2.72. The highest BCUT2D eigenvalue weighted by Gasteiger charge is 2.40.